The highest BCUT2D eigenvalue weighted by Gasteiger charge is 2.07. The van der Waals surface area contributed by atoms with Crippen molar-refractivity contribution in [2.24, 2.45) is 0 Å². The van der Waals surface area contributed by atoms with Gasteiger partial charge in [-0.25, -0.2) is 0 Å². The van der Waals surface area contributed by atoms with Gasteiger partial charge in [0.05, 0.1) is 5.52 Å². The molecule has 100 valence electrons. The first-order chi connectivity index (χ1) is 9.79. The summed E-state index contributed by atoms with van der Waals surface area (Å²) in [6.45, 7) is 2.15. The predicted molar refractivity (Wildman–Crippen MR) is 84.0 cm³/mol. The molecule has 2 aromatic carbocycles. The zero-order valence-electron chi connectivity index (χ0n) is 11.5. The molecule has 0 spiro atoms. The van der Waals surface area contributed by atoms with Crippen LogP contribution in [-0.4, -0.2) is 4.98 Å². The Hall–Kier alpha value is -2.35. The summed E-state index contributed by atoms with van der Waals surface area (Å²) in [5, 5.41) is 0.774. The van der Waals surface area contributed by atoms with E-state index in [0.29, 0.717) is 0 Å². The lowest BCUT2D eigenvalue weighted by Gasteiger charge is -2.08. The molecule has 1 aromatic heterocycles. The molecule has 0 radical (unpaired) electrons. The number of aromatic amines is 1. The Morgan fingerprint density at radius 2 is 1.80 bits per heavy atom. The number of hydrogen-bond acceptors (Lipinski definition) is 1. The van der Waals surface area contributed by atoms with Crippen molar-refractivity contribution in [3.63, 3.8) is 0 Å². The number of pyridine rings is 1. The molecular weight excluding hydrogens is 246 g/mol. The number of para-hydroxylation sites is 1. The lowest BCUT2D eigenvalue weighted by Crippen LogP contribution is -2.04. The van der Waals surface area contributed by atoms with Crippen LogP contribution in [0.25, 0.3) is 22.2 Å². The average molecular weight is 263 g/mol. The Bertz CT molecular complexity index is 787. The molecule has 0 saturated heterocycles. The highest BCUT2D eigenvalue weighted by atomic mass is 16.1. The lowest BCUT2D eigenvalue weighted by molar-refractivity contribution is 0.926. The van der Waals surface area contributed by atoms with Crippen LogP contribution in [-0.2, 0) is 6.42 Å². The highest BCUT2D eigenvalue weighted by molar-refractivity contribution is 5.84. The first kappa shape index (κ1) is 12.7. The molecule has 0 bridgehead atoms. The number of benzene rings is 2. The molecule has 3 rings (SSSR count). The molecule has 2 heteroatoms. The second-order valence-corrected chi connectivity index (χ2v) is 5.00. The molecule has 1 N–H and O–H groups in total. The molecule has 0 fully saturated rings. The summed E-state index contributed by atoms with van der Waals surface area (Å²) < 4.78 is 0. The van der Waals surface area contributed by atoms with E-state index in [1.54, 1.807) is 6.07 Å². The van der Waals surface area contributed by atoms with E-state index < -0.39 is 0 Å². The Morgan fingerprint density at radius 1 is 1.00 bits per heavy atom. The summed E-state index contributed by atoms with van der Waals surface area (Å²) in [5.74, 6) is 0. The largest absolute Gasteiger partial charge is 0.354 e. The van der Waals surface area contributed by atoms with Crippen LogP contribution >= 0.6 is 0 Å². The molecule has 1 heterocycles. The molecule has 0 amide bonds. The molecular formula is C18H17NO. The number of hydrogen-bond donors (Lipinski definition) is 1. The molecule has 0 unspecified atom stereocenters. The molecule has 2 nitrogen and oxygen atoms in total. The van der Waals surface area contributed by atoms with E-state index in [1.165, 1.54) is 5.56 Å². The number of fused-ring (bicyclic) bond motifs is 1. The molecule has 0 atom stereocenters. The molecule has 3 aromatic rings. The first-order valence-electron chi connectivity index (χ1n) is 7.00. The maximum atomic E-state index is 12.3. The maximum Gasteiger partial charge on any atom is 0.190 e. The average Bonchev–Trinajstić information content (AvgIpc) is 2.49. The first-order valence-corrected chi connectivity index (χ1v) is 7.00. The van der Waals surface area contributed by atoms with Crippen molar-refractivity contribution >= 4 is 10.9 Å². The van der Waals surface area contributed by atoms with Crippen LogP contribution in [0.5, 0.6) is 0 Å². The summed E-state index contributed by atoms with van der Waals surface area (Å²) in [7, 11) is 0. The van der Waals surface area contributed by atoms with E-state index in [4.69, 9.17) is 0 Å². The molecule has 0 aliphatic heterocycles. The SMILES string of the molecule is CCCc1cccc2c(=O)cc(-c3ccccc3)[nH]c12. The van der Waals surface area contributed by atoms with Crippen LogP contribution in [0.3, 0.4) is 0 Å². The van der Waals surface area contributed by atoms with Gasteiger partial charge in [0.1, 0.15) is 0 Å². The van der Waals surface area contributed by atoms with Gasteiger partial charge in [-0.3, -0.25) is 4.79 Å². The van der Waals surface area contributed by atoms with Crippen molar-refractivity contribution in [2.45, 2.75) is 19.8 Å². The topological polar surface area (TPSA) is 32.9 Å². The van der Waals surface area contributed by atoms with E-state index in [0.717, 1.165) is 35.0 Å². The van der Waals surface area contributed by atoms with Gasteiger partial charge in [0.25, 0.3) is 0 Å². The minimum atomic E-state index is 0.0792. The van der Waals surface area contributed by atoms with Gasteiger partial charge >= 0.3 is 0 Å². The number of nitrogens with one attached hydrogen (secondary N) is 1. The smallest absolute Gasteiger partial charge is 0.190 e. The summed E-state index contributed by atoms with van der Waals surface area (Å²) in [5.41, 5.74) is 4.18. The molecule has 20 heavy (non-hydrogen) atoms. The summed E-state index contributed by atoms with van der Waals surface area (Å²) in [4.78, 5) is 15.7. The Kier molecular flexibility index (Phi) is 3.38. The van der Waals surface area contributed by atoms with Gasteiger partial charge in [0.15, 0.2) is 5.43 Å². The third-order valence-corrected chi connectivity index (χ3v) is 3.56. The Morgan fingerprint density at radius 3 is 2.55 bits per heavy atom. The minimum absolute atomic E-state index is 0.0792. The number of rotatable bonds is 3. The summed E-state index contributed by atoms with van der Waals surface area (Å²) in [6.07, 6.45) is 2.04. The van der Waals surface area contributed by atoms with Crippen LogP contribution in [0.4, 0.5) is 0 Å². The zero-order valence-corrected chi connectivity index (χ0v) is 11.5. The number of aromatic nitrogens is 1. The van der Waals surface area contributed by atoms with Crippen molar-refractivity contribution in [2.75, 3.05) is 0 Å². The fraction of sp³-hybridized carbons (Fsp3) is 0.167. The number of aryl methyl sites for hydroxylation is 1. The van der Waals surface area contributed by atoms with E-state index >= 15 is 0 Å². The second-order valence-electron chi connectivity index (χ2n) is 5.00. The van der Waals surface area contributed by atoms with E-state index in [2.05, 4.69) is 18.0 Å². The van der Waals surface area contributed by atoms with Gasteiger partial charge in [0, 0.05) is 17.1 Å². The minimum Gasteiger partial charge on any atom is -0.354 e. The normalized spacial score (nSPS) is 10.8. The van der Waals surface area contributed by atoms with Crippen LogP contribution in [0.2, 0.25) is 0 Å². The van der Waals surface area contributed by atoms with Gasteiger partial charge < -0.3 is 4.98 Å². The van der Waals surface area contributed by atoms with Gasteiger partial charge in [0.2, 0.25) is 0 Å². The van der Waals surface area contributed by atoms with Crippen molar-refractivity contribution in [1.29, 1.82) is 0 Å². The third-order valence-electron chi connectivity index (χ3n) is 3.56. The lowest BCUT2D eigenvalue weighted by atomic mass is 10.0. The Labute approximate surface area is 118 Å². The van der Waals surface area contributed by atoms with Crippen LogP contribution in [0.15, 0.2) is 59.4 Å². The fourth-order valence-electron chi connectivity index (χ4n) is 2.58. The molecule has 0 saturated carbocycles. The number of H-pyrrole nitrogens is 1. The van der Waals surface area contributed by atoms with Gasteiger partial charge in [-0.2, -0.15) is 0 Å². The standard InChI is InChI=1S/C18H17NO/c1-2-7-14-10-6-11-15-17(20)12-16(19-18(14)15)13-8-4-3-5-9-13/h3-6,8-12H,2,7H2,1H3,(H,19,20). The van der Waals surface area contributed by atoms with Crippen LogP contribution < -0.4 is 5.43 Å². The van der Waals surface area contributed by atoms with Crippen molar-refractivity contribution in [3.8, 4) is 11.3 Å². The second kappa shape index (κ2) is 5.33. The van der Waals surface area contributed by atoms with Crippen molar-refractivity contribution in [3.05, 3.63) is 70.4 Å². The molecule has 0 aliphatic rings. The van der Waals surface area contributed by atoms with Gasteiger partial charge in [-0.1, -0.05) is 55.8 Å². The third kappa shape index (κ3) is 2.25. The van der Waals surface area contributed by atoms with E-state index in [9.17, 15) is 4.79 Å². The van der Waals surface area contributed by atoms with Crippen LogP contribution in [0, 0.1) is 0 Å². The van der Waals surface area contributed by atoms with Gasteiger partial charge in [-0.15, -0.1) is 0 Å². The monoisotopic (exact) mass is 263 g/mol. The van der Waals surface area contributed by atoms with Crippen molar-refractivity contribution in [1.82, 2.24) is 4.98 Å². The summed E-state index contributed by atoms with van der Waals surface area (Å²) >= 11 is 0. The van der Waals surface area contributed by atoms with Crippen LogP contribution in [0.1, 0.15) is 18.9 Å². The van der Waals surface area contributed by atoms with Gasteiger partial charge in [-0.05, 0) is 23.6 Å². The quantitative estimate of drug-likeness (QED) is 0.756. The predicted octanol–water partition coefficient (Wildman–Crippen LogP) is 4.15. The fourth-order valence-corrected chi connectivity index (χ4v) is 2.58. The van der Waals surface area contributed by atoms with E-state index in [-0.39, 0.29) is 5.43 Å². The zero-order chi connectivity index (χ0) is 13.9. The maximum absolute atomic E-state index is 12.3. The van der Waals surface area contributed by atoms with Crippen molar-refractivity contribution < 1.29 is 0 Å². The highest BCUT2D eigenvalue weighted by Crippen LogP contribution is 2.21. The Balaban J connectivity index is 2.27. The van der Waals surface area contributed by atoms with E-state index in [1.807, 2.05) is 42.5 Å². The molecule has 0 aliphatic carbocycles. The summed E-state index contributed by atoms with van der Waals surface area (Å²) in [6, 6.07) is 17.6.